The molecule has 0 radical (unpaired) electrons. The van der Waals surface area contributed by atoms with Gasteiger partial charge in [0, 0.05) is 19.1 Å². The van der Waals surface area contributed by atoms with Gasteiger partial charge in [-0.15, -0.1) is 0 Å². The second-order valence-corrected chi connectivity index (χ2v) is 4.91. The van der Waals surface area contributed by atoms with Gasteiger partial charge in [0.05, 0.1) is 0 Å². The molecule has 21 heavy (non-hydrogen) atoms. The first-order valence-electron chi connectivity index (χ1n) is 7.51. The minimum Gasteiger partial charge on any atom is -0.357 e. The van der Waals surface area contributed by atoms with Crippen molar-refractivity contribution < 1.29 is 4.79 Å². The van der Waals surface area contributed by atoms with Crippen LogP contribution in [0, 0.1) is 0 Å². The average molecular weight is 290 g/mol. The molecule has 0 aliphatic rings. The zero-order valence-corrected chi connectivity index (χ0v) is 13.1. The lowest BCUT2D eigenvalue weighted by Gasteiger charge is -2.16. The fourth-order valence-corrected chi connectivity index (χ4v) is 1.66. The summed E-state index contributed by atoms with van der Waals surface area (Å²) in [5.74, 6) is 0.599. The highest BCUT2D eigenvalue weighted by atomic mass is 16.1. The third-order valence-electron chi connectivity index (χ3n) is 3.05. The lowest BCUT2D eigenvalue weighted by atomic mass is 10.2. The average Bonchev–Trinajstić information content (AvgIpc) is 2.51. The lowest BCUT2D eigenvalue weighted by molar-refractivity contribution is -0.119. The van der Waals surface area contributed by atoms with Gasteiger partial charge in [-0.2, -0.15) is 0 Å². The van der Waals surface area contributed by atoms with Crippen LogP contribution in [-0.2, 0) is 11.3 Å². The van der Waals surface area contributed by atoms with Crippen LogP contribution in [0.5, 0.6) is 0 Å². The molecule has 1 rings (SSSR count). The monoisotopic (exact) mass is 290 g/mol. The van der Waals surface area contributed by atoms with Gasteiger partial charge >= 0.3 is 0 Å². The van der Waals surface area contributed by atoms with Gasteiger partial charge < -0.3 is 16.0 Å². The van der Waals surface area contributed by atoms with E-state index in [1.807, 2.05) is 37.3 Å². The number of aliphatic imine (C=N–C) groups is 1. The van der Waals surface area contributed by atoms with Crippen molar-refractivity contribution in [3.8, 4) is 0 Å². The third-order valence-corrected chi connectivity index (χ3v) is 3.05. The molecule has 0 saturated heterocycles. The first kappa shape index (κ1) is 17.0. The Labute approximate surface area is 127 Å². The Bertz CT molecular complexity index is 445. The quantitative estimate of drug-likeness (QED) is 0.528. The maximum absolute atomic E-state index is 11.8. The van der Waals surface area contributed by atoms with Crippen molar-refractivity contribution in [2.45, 2.75) is 39.8 Å². The van der Waals surface area contributed by atoms with Crippen LogP contribution in [0.3, 0.4) is 0 Å². The Morgan fingerprint density at radius 3 is 2.52 bits per heavy atom. The summed E-state index contributed by atoms with van der Waals surface area (Å²) in [6, 6.07) is 10.2. The Balaban J connectivity index is 2.42. The molecule has 0 aliphatic carbocycles. The van der Waals surface area contributed by atoms with E-state index in [9.17, 15) is 4.79 Å². The number of nitrogens with one attached hydrogen (secondary N) is 3. The van der Waals surface area contributed by atoms with Crippen molar-refractivity contribution in [3.63, 3.8) is 0 Å². The van der Waals surface area contributed by atoms with Crippen molar-refractivity contribution in [1.29, 1.82) is 0 Å². The smallest absolute Gasteiger partial charge is 0.242 e. The largest absolute Gasteiger partial charge is 0.357 e. The highest BCUT2D eigenvalue weighted by molar-refractivity contribution is 5.85. The Hall–Kier alpha value is -2.04. The van der Waals surface area contributed by atoms with E-state index in [0.717, 1.165) is 18.5 Å². The fraction of sp³-hybridized carbons (Fsp3) is 0.500. The molecule has 0 fully saturated rings. The summed E-state index contributed by atoms with van der Waals surface area (Å²) in [6.07, 6.45) is 1.00. The molecular weight excluding hydrogens is 264 g/mol. The molecular formula is C16H26N4O. The van der Waals surface area contributed by atoms with Crippen molar-refractivity contribution >= 4 is 11.9 Å². The molecule has 0 aliphatic heterocycles. The van der Waals surface area contributed by atoms with E-state index in [0.29, 0.717) is 18.5 Å². The first-order valence-corrected chi connectivity index (χ1v) is 7.51. The van der Waals surface area contributed by atoms with E-state index in [1.165, 1.54) is 0 Å². The molecule has 5 nitrogen and oxygen atoms in total. The van der Waals surface area contributed by atoms with E-state index in [1.54, 1.807) is 0 Å². The van der Waals surface area contributed by atoms with Crippen LogP contribution >= 0.6 is 0 Å². The highest BCUT2D eigenvalue weighted by Crippen LogP contribution is 1.96. The molecule has 0 bridgehead atoms. The molecule has 5 heteroatoms. The maximum Gasteiger partial charge on any atom is 0.242 e. The van der Waals surface area contributed by atoms with Gasteiger partial charge in [-0.3, -0.25) is 4.79 Å². The van der Waals surface area contributed by atoms with E-state index in [2.05, 4.69) is 34.8 Å². The van der Waals surface area contributed by atoms with Gasteiger partial charge in [-0.25, -0.2) is 4.99 Å². The number of carbonyl (C=O) groups excluding carboxylic acids is 1. The predicted octanol–water partition coefficient (Wildman–Crippen LogP) is 1.66. The molecule has 1 amide bonds. The minimum absolute atomic E-state index is 0.0831. The summed E-state index contributed by atoms with van der Waals surface area (Å²) in [7, 11) is 0. The van der Waals surface area contributed by atoms with Gasteiger partial charge in [-0.05, 0) is 25.8 Å². The van der Waals surface area contributed by atoms with Crippen molar-refractivity contribution in [1.82, 2.24) is 16.0 Å². The van der Waals surface area contributed by atoms with Crippen LogP contribution in [0.2, 0.25) is 0 Å². The second kappa shape index (κ2) is 9.80. The fourth-order valence-electron chi connectivity index (χ4n) is 1.66. The van der Waals surface area contributed by atoms with Crippen LogP contribution in [0.1, 0.15) is 32.8 Å². The van der Waals surface area contributed by atoms with Gasteiger partial charge in [0.1, 0.15) is 6.54 Å². The number of nitrogens with zero attached hydrogens (tertiary/aromatic N) is 1. The van der Waals surface area contributed by atoms with Gasteiger partial charge in [0.2, 0.25) is 5.91 Å². The third kappa shape index (κ3) is 7.34. The van der Waals surface area contributed by atoms with E-state index in [-0.39, 0.29) is 12.5 Å². The van der Waals surface area contributed by atoms with E-state index < -0.39 is 0 Å². The summed E-state index contributed by atoms with van der Waals surface area (Å²) in [4.78, 5) is 16.1. The van der Waals surface area contributed by atoms with Crippen LogP contribution < -0.4 is 16.0 Å². The van der Waals surface area contributed by atoms with Crippen molar-refractivity contribution in [2.75, 3.05) is 13.1 Å². The SMILES string of the molecule is CCNC(=NCC(=O)NCc1ccccc1)NC(C)CC. The van der Waals surface area contributed by atoms with Gasteiger partial charge in [-0.1, -0.05) is 37.3 Å². The number of amides is 1. The minimum atomic E-state index is -0.0831. The number of hydrogen-bond acceptors (Lipinski definition) is 2. The number of benzene rings is 1. The molecule has 1 aromatic rings. The molecule has 0 aromatic heterocycles. The summed E-state index contributed by atoms with van der Waals surface area (Å²) in [5.41, 5.74) is 1.08. The summed E-state index contributed by atoms with van der Waals surface area (Å²) in [6.45, 7) is 7.62. The molecule has 1 unspecified atom stereocenters. The predicted molar refractivity (Wildman–Crippen MR) is 87.2 cm³/mol. The number of carbonyl (C=O) groups is 1. The Kier molecular flexibility index (Phi) is 7.94. The number of guanidine groups is 1. The normalized spacial score (nSPS) is 12.6. The van der Waals surface area contributed by atoms with Gasteiger partial charge in [0.25, 0.3) is 0 Å². The molecule has 1 aromatic carbocycles. The Morgan fingerprint density at radius 1 is 1.19 bits per heavy atom. The Morgan fingerprint density at radius 2 is 1.90 bits per heavy atom. The first-order chi connectivity index (χ1) is 10.2. The maximum atomic E-state index is 11.8. The number of hydrogen-bond donors (Lipinski definition) is 3. The molecule has 1 atom stereocenters. The topological polar surface area (TPSA) is 65.5 Å². The van der Waals surface area contributed by atoms with Crippen molar-refractivity contribution in [2.24, 2.45) is 4.99 Å². The molecule has 116 valence electrons. The molecule has 3 N–H and O–H groups in total. The van der Waals surface area contributed by atoms with E-state index in [4.69, 9.17) is 0 Å². The summed E-state index contributed by atoms with van der Waals surface area (Å²) < 4.78 is 0. The molecule has 0 spiro atoms. The summed E-state index contributed by atoms with van der Waals surface area (Å²) in [5, 5.41) is 9.25. The van der Waals surface area contributed by atoms with Crippen LogP contribution in [0.4, 0.5) is 0 Å². The second-order valence-electron chi connectivity index (χ2n) is 4.91. The standard InChI is InChI=1S/C16H26N4O/c1-4-13(3)20-16(17-5-2)19-12-15(21)18-11-14-9-7-6-8-10-14/h6-10,13H,4-5,11-12H2,1-3H3,(H,18,21)(H2,17,19,20). The molecule has 0 heterocycles. The van der Waals surface area contributed by atoms with Crippen LogP contribution in [-0.4, -0.2) is 31.0 Å². The zero-order chi connectivity index (χ0) is 15.5. The van der Waals surface area contributed by atoms with Gasteiger partial charge in [0.15, 0.2) is 5.96 Å². The van der Waals surface area contributed by atoms with Crippen LogP contribution in [0.25, 0.3) is 0 Å². The zero-order valence-electron chi connectivity index (χ0n) is 13.1. The van der Waals surface area contributed by atoms with Crippen molar-refractivity contribution in [3.05, 3.63) is 35.9 Å². The van der Waals surface area contributed by atoms with E-state index >= 15 is 0 Å². The molecule has 0 saturated carbocycles. The van der Waals surface area contributed by atoms with Crippen LogP contribution in [0.15, 0.2) is 35.3 Å². The number of rotatable bonds is 7. The highest BCUT2D eigenvalue weighted by Gasteiger charge is 2.04. The lowest BCUT2D eigenvalue weighted by Crippen LogP contribution is -2.42. The summed E-state index contributed by atoms with van der Waals surface area (Å²) >= 11 is 0.